The number of rotatable bonds is 7. The topological polar surface area (TPSA) is 3.24 Å². The van der Waals surface area contributed by atoms with Crippen LogP contribution in [-0.2, 0) is 5.41 Å². The quantitative estimate of drug-likeness (QED) is 0.155. The van der Waals surface area contributed by atoms with Crippen molar-refractivity contribution in [1.82, 2.24) is 0 Å². The monoisotopic (exact) mass is 839 g/mol. The van der Waals surface area contributed by atoms with Gasteiger partial charge in [0.05, 0.1) is 5.41 Å². The van der Waals surface area contributed by atoms with Gasteiger partial charge >= 0.3 is 0 Å². The summed E-state index contributed by atoms with van der Waals surface area (Å²) in [6.07, 6.45) is 5.88. The van der Waals surface area contributed by atoms with E-state index in [2.05, 4.69) is 260 Å². The number of hydrogen-bond acceptors (Lipinski definition) is 1. The Morgan fingerprint density at radius 2 is 0.758 bits per heavy atom. The lowest BCUT2D eigenvalue weighted by Gasteiger charge is -2.31. The lowest BCUT2D eigenvalue weighted by Crippen LogP contribution is -2.28. The SMILES string of the molecule is C1=c2ccccc2=CC(c2ccc3c(c2)-c2ccc(-c4ccc(N(c5ccc(-c6ccccc6)cc5)c5ccc(-c6ccccc6)cc5)cc4)cc2C32c3ccccc3-c3ccccc32)C1. The first-order valence-corrected chi connectivity index (χ1v) is 23.2. The average Bonchev–Trinajstić information content (AvgIpc) is 3.86. The predicted octanol–water partition coefficient (Wildman–Crippen LogP) is 15.2. The van der Waals surface area contributed by atoms with Crippen LogP contribution in [0.5, 0.6) is 0 Å². The Morgan fingerprint density at radius 3 is 1.33 bits per heavy atom. The first kappa shape index (κ1) is 38.2. The number of fused-ring (bicyclic) bond motifs is 11. The predicted molar refractivity (Wildman–Crippen MR) is 276 cm³/mol. The molecule has 10 aromatic rings. The maximum Gasteiger partial charge on any atom is 0.0725 e. The summed E-state index contributed by atoms with van der Waals surface area (Å²) in [5.74, 6) is 0.328. The number of anilines is 3. The molecule has 66 heavy (non-hydrogen) atoms. The molecule has 0 aliphatic heterocycles. The van der Waals surface area contributed by atoms with Gasteiger partial charge in [-0.2, -0.15) is 0 Å². The van der Waals surface area contributed by atoms with Gasteiger partial charge in [-0.1, -0.05) is 212 Å². The summed E-state index contributed by atoms with van der Waals surface area (Å²) >= 11 is 0. The molecule has 0 aromatic heterocycles. The van der Waals surface area contributed by atoms with E-state index in [4.69, 9.17) is 0 Å². The largest absolute Gasteiger partial charge is 0.311 e. The lowest BCUT2D eigenvalue weighted by molar-refractivity contribution is 0.792. The highest BCUT2D eigenvalue weighted by atomic mass is 15.1. The van der Waals surface area contributed by atoms with Crippen molar-refractivity contribution in [2.75, 3.05) is 4.90 Å². The molecule has 3 aliphatic carbocycles. The van der Waals surface area contributed by atoms with Gasteiger partial charge < -0.3 is 4.90 Å². The van der Waals surface area contributed by atoms with Crippen molar-refractivity contribution >= 4 is 29.2 Å². The molecule has 1 nitrogen and oxygen atoms in total. The Hall–Kier alpha value is -8.26. The van der Waals surface area contributed by atoms with E-state index in [1.54, 1.807) is 0 Å². The summed E-state index contributed by atoms with van der Waals surface area (Å²) < 4.78 is 0. The van der Waals surface area contributed by atoms with E-state index in [0.717, 1.165) is 23.5 Å². The molecule has 0 radical (unpaired) electrons. The van der Waals surface area contributed by atoms with Crippen LogP contribution in [0.3, 0.4) is 0 Å². The summed E-state index contributed by atoms with van der Waals surface area (Å²) in [5.41, 5.74) is 22.3. The molecule has 1 spiro atoms. The van der Waals surface area contributed by atoms with Gasteiger partial charge in [-0.15, -0.1) is 0 Å². The summed E-state index contributed by atoms with van der Waals surface area (Å²) in [6.45, 7) is 0. The molecular weight excluding hydrogens is 795 g/mol. The van der Waals surface area contributed by atoms with Gasteiger partial charge in [0, 0.05) is 23.0 Å². The summed E-state index contributed by atoms with van der Waals surface area (Å²) in [7, 11) is 0. The van der Waals surface area contributed by atoms with Crippen molar-refractivity contribution in [3.63, 3.8) is 0 Å². The second kappa shape index (κ2) is 15.5. The van der Waals surface area contributed by atoms with Crippen molar-refractivity contribution in [2.45, 2.75) is 17.8 Å². The van der Waals surface area contributed by atoms with E-state index >= 15 is 0 Å². The third-order valence-corrected chi connectivity index (χ3v) is 14.4. The molecule has 1 atom stereocenters. The van der Waals surface area contributed by atoms with Crippen LogP contribution in [0.4, 0.5) is 17.1 Å². The van der Waals surface area contributed by atoms with E-state index in [9.17, 15) is 0 Å². The molecule has 0 fully saturated rings. The van der Waals surface area contributed by atoms with Gasteiger partial charge in [-0.25, -0.2) is 0 Å². The minimum Gasteiger partial charge on any atom is -0.311 e. The Bertz CT molecular complexity index is 3460. The zero-order valence-corrected chi connectivity index (χ0v) is 36.5. The molecule has 1 unspecified atom stereocenters. The van der Waals surface area contributed by atoms with Gasteiger partial charge in [0.1, 0.15) is 0 Å². The van der Waals surface area contributed by atoms with Crippen LogP contribution in [0.15, 0.2) is 243 Å². The molecule has 0 amide bonds. The standard InChI is InChI=1S/C65H45N/c1-3-13-44(14-4-1)47-25-33-54(34-26-47)66(55-35-27-48(28-36-55)45-15-5-2-6-16-45)56-37-29-49(30-38-56)53-31-39-59-60-42-52(51-24-23-46-17-7-8-18-50(46)41-51)32-40-63(60)65(64(59)43-53)61-21-11-9-19-57(61)58-20-10-12-22-62(58)65/h1-23,25-43,51H,24H2. The van der Waals surface area contributed by atoms with Crippen molar-refractivity contribution in [2.24, 2.45) is 0 Å². The first-order chi connectivity index (χ1) is 32.7. The third kappa shape index (κ3) is 6.08. The molecule has 13 rings (SSSR count). The van der Waals surface area contributed by atoms with E-state index < -0.39 is 5.41 Å². The summed E-state index contributed by atoms with van der Waals surface area (Å²) in [5, 5.41) is 2.66. The van der Waals surface area contributed by atoms with Gasteiger partial charge in [-0.05, 0) is 143 Å². The Balaban J connectivity index is 0.921. The van der Waals surface area contributed by atoms with Crippen LogP contribution in [0.25, 0.3) is 67.8 Å². The minimum atomic E-state index is -0.421. The number of benzene rings is 10. The maximum atomic E-state index is 2.51. The highest BCUT2D eigenvalue weighted by Crippen LogP contribution is 2.63. The molecule has 0 bridgehead atoms. The third-order valence-electron chi connectivity index (χ3n) is 14.4. The second-order valence-corrected chi connectivity index (χ2v) is 18.0. The Morgan fingerprint density at radius 1 is 0.318 bits per heavy atom. The van der Waals surface area contributed by atoms with Crippen LogP contribution in [0.1, 0.15) is 40.2 Å². The zero-order chi connectivity index (χ0) is 43.6. The van der Waals surface area contributed by atoms with Gasteiger partial charge in [0.2, 0.25) is 0 Å². The van der Waals surface area contributed by atoms with E-state index in [1.807, 2.05) is 0 Å². The fraction of sp³-hybridized carbons (Fsp3) is 0.0462. The van der Waals surface area contributed by atoms with Crippen molar-refractivity contribution in [1.29, 1.82) is 0 Å². The first-order valence-electron chi connectivity index (χ1n) is 23.2. The molecule has 10 aromatic carbocycles. The summed E-state index contributed by atoms with van der Waals surface area (Å²) in [6, 6.07) is 89.9. The Labute approximate surface area is 386 Å². The molecule has 0 heterocycles. The highest BCUT2D eigenvalue weighted by Gasteiger charge is 2.51. The van der Waals surface area contributed by atoms with E-state index in [-0.39, 0.29) is 0 Å². The smallest absolute Gasteiger partial charge is 0.0725 e. The van der Waals surface area contributed by atoms with E-state index in [1.165, 1.54) is 93.9 Å². The van der Waals surface area contributed by atoms with Gasteiger partial charge in [-0.3, -0.25) is 0 Å². The van der Waals surface area contributed by atoms with Gasteiger partial charge in [0.25, 0.3) is 0 Å². The van der Waals surface area contributed by atoms with Crippen LogP contribution in [0, 0.1) is 0 Å². The van der Waals surface area contributed by atoms with Crippen LogP contribution < -0.4 is 15.3 Å². The zero-order valence-electron chi connectivity index (χ0n) is 36.5. The fourth-order valence-electron chi connectivity index (χ4n) is 11.3. The van der Waals surface area contributed by atoms with Gasteiger partial charge in [0.15, 0.2) is 0 Å². The Kier molecular flexibility index (Phi) is 8.96. The lowest BCUT2D eigenvalue weighted by atomic mass is 9.70. The van der Waals surface area contributed by atoms with E-state index in [0.29, 0.717) is 5.92 Å². The van der Waals surface area contributed by atoms with Crippen LogP contribution >= 0.6 is 0 Å². The highest BCUT2D eigenvalue weighted by molar-refractivity contribution is 5.96. The molecule has 0 N–H and O–H groups in total. The van der Waals surface area contributed by atoms with Crippen molar-refractivity contribution in [3.05, 3.63) is 281 Å². The molecule has 0 saturated carbocycles. The molecular formula is C65H45N. The van der Waals surface area contributed by atoms with Crippen molar-refractivity contribution in [3.8, 4) is 55.6 Å². The van der Waals surface area contributed by atoms with Crippen molar-refractivity contribution < 1.29 is 0 Å². The number of hydrogen-bond donors (Lipinski definition) is 0. The fourth-order valence-corrected chi connectivity index (χ4v) is 11.3. The van der Waals surface area contributed by atoms with Crippen LogP contribution in [0.2, 0.25) is 0 Å². The summed E-state index contributed by atoms with van der Waals surface area (Å²) in [4.78, 5) is 2.37. The molecule has 1 heteroatoms. The second-order valence-electron chi connectivity index (χ2n) is 18.0. The average molecular weight is 840 g/mol. The minimum absolute atomic E-state index is 0.328. The number of nitrogens with zero attached hydrogens (tertiary/aromatic N) is 1. The normalized spacial score (nSPS) is 14.5. The molecule has 3 aliphatic rings. The maximum absolute atomic E-state index is 2.51. The molecule has 310 valence electrons. The molecule has 0 saturated heterocycles. The van der Waals surface area contributed by atoms with Crippen LogP contribution in [-0.4, -0.2) is 0 Å².